The van der Waals surface area contributed by atoms with Gasteiger partial charge >= 0.3 is 6.09 Å². The molecule has 3 heterocycles. The molecule has 2 amide bonds. The van der Waals surface area contributed by atoms with Crippen molar-refractivity contribution in [2.75, 3.05) is 13.1 Å². The van der Waals surface area contributed by atoms with Gasteiger partial charge in [-0.25, -0.2) is 14.2 Å². The molecule has 2 aromatic rings. The fourth-order valence-electron chi connectivity index (χ4n) is 3.53. The van der Waals surface area contributed by atoms with Crippen molar-refractivity contribution in [3.05, 3.63) is 30.2 Å². The van der Waals surface area contributed by atoms with Gasteiger partial charge < -0.3 is 25.2 Å². The highest BCUT2D eigenvalue weighted by Gasteiger charge is 2.35. The Kier molecular flexibility index (Phi) is 7.15. The van der Waals surface area contributed by atoms with Gasteiger partial charge in [0.05, 0.1) is 24.9 Å². The van der Waals surface area contributed by atoms with Gasteiger partial charge in [0.15, 0.2) is 6.17 Å². The van der Waals surface area contributed by atoms with Crippen LogP contribution in [0.3, 0.4) is 0 Å². The molecule has 2 atom stereocenters. The molecule has 0 radical (unpaired) electrons. The number of carbonyl (C=O) groups is 2. The molecule has 0 bridgehead atoms. The van der Waals surface area contributed by atoms with Crippen LogP contribution in [0.25, 0.3) is 11.1 Å². The number of rotatable bonds is 6. The minimum absolute atomic E-state index is 0.00881. The summed E-state index contributed by atoms with van der Waals surface area (Å²) in [6.45, 7) is 8.90. The maximum absolute atomic E-state index is 14.8. The average Bonchev–Trinajstić information content (AvgIpc) is 3.14. The number of hydrogen-bond donors (Lipinski definition) is 2. The topological polar surface area (TPSA) is 133 Å². The first-order valence-electron chi connectivity index (χ1n) is 11.1. The molecular formula is C23H32FN5O5. The molecular weight excluding hydrogens is 445 g/mol. The molecule has 10 nitrogen and oxygen atoms in total. The van der Waals surface area contributed by atoms with Gasteiger partial charge in [-0.15, -0.1) is 0 Å². The van der Waals surface area contributed by atoms with Crippen LogP contribution in [-0.2, 0) is 11.3 Å². The van der Waals surface area contributed by atoms with Crippen molar-refractivity contribution < 1.29 is 28.6 Å². The third-order valence-corrected chi connectivity index (χ3v) is 5.03. The monoisotopic (exact) mass is 477 g/mol. The Labute approximate surface area is 197 Å². The molecule has 186 valence electrons. The van der Waals surface area contributed by atoms with Crippen molar-refractivity contribution >= 4 is 12.0 Å². The van der Waals surface area contributed by atoms with E-state index in [0.717, 1.165) is 0 Å². The van der Waals surface area contributed by atoms with Gasteiger partial charge in [-0.1, -0.05) is 0 Å². The Morgan fingerprint density at radius 1 is 1.24 bits per heavy atom. The summed E-state index contributed by atoms with van der Waals surface area (Å²) < 4.78 is 27.5. The molecule has 1 fully saturated rings. The standard InChI is InChI=1S/C23H32FN5O5/c1-22(2,3)34-21(31)28-7-6-18(17(24)12-28)33-20-16(19(25)30)8-14(9-26-20)15-10-27-29(11-15)13-23(4,5)32/h8-11,17-18,32H,6-7,12-13H2,1-5H3,(H2,25,30)/t17-,18+/m1/s1. The number of ether oxygens (including phenoxy) is 2. The minimum atomic E-state index is -1.50. The van der Waals surface area contributed by atoms with E-state index in [9.17, 15) is 19.1 Å². The lowest BCUT2D eigenvalue weighted by Gasteiger charge is -2.35. The first-order valence-corrected chi connectivity index (χ1v) is 11.1. The summed E-state index contributed by atoms with van der Waals surface area (Å²) in [6, 6.07) is 1.51. The van der Waals surface area contributed by atoms with Crippen LogP contribution >= 0.6 is 0 Å². The number of pyridine rings is 1. The third-order valence-electron chi connectivity index (χ3n) is 5.03. The zero-order chi connectivity index (χ0) is 25.3. The number of primary amides is 1. The quantitative estimate of drug-likeness (QED) is 0.653. The van der Waals surface area contributed by atoms with Gasteiger partial charge in [-0.2, -0.15) is 5.10 Å². The number of nitrogens with zero attached hydrogens (tertiary/aromatic N) is 4. The van der Waals surface area contributed by atoms with Crippen molar-refractivity contribution in [3.8, 4) is 17.0 Å². The zero-order valence-electron chi connectivity index (χ0n) is 20.1. The molecule has 3 N–H and O–H groups in total. The van der Waals surface area contributed by atoms with Crippen LogP contribution in [0.15, 0.2) is 24.7 Å². The van der Waals surface area contributed by atoms with Crippen molar-refractivity contribution in [1.29, 1.82) is 0 Å². The molecule has 34 heavy (non-hydrogen) atoms. The summed E-state index contributed by atoms with van der Waals surface area (Å²) >= 11 is 0. The van der Waals surface area contributed by atoms with Crippen LogP contribution in [0.5, 0.6) is 5.88 Å². The number of likely N-dealkylation sites (tertiary alicyclic amines) is 1. The summed E-state index contributed by atoms with van der Waals surface area (Å²) in [6.07, 6.45) is 2.00. The second-order valence-corrected chi connectivity index (χ2v) is 10.1. The van der Waals surface area contributed by atoms with Crippen molar-refractivity contribution in [2.45, 2.75) is 71.1 Å². The third kappa shape index (κ3) is 6.66. The molecule has 0 aliphatic carbocycles. The van der Waals surface area contributed by atoms with E-state index in [1.807, 2.05) is 0 Å². The lowest BCUT2D eigenvalue weighted by Crippen LogP contribution is -2.50. The van der Waals surface area contributed by atoms with Crippen LogP contribution in [0.4, 0.5) is 9.18 Å². The smallest absolute Gasteiger partial charge is 0.410 e. The largest absolute Gasteiger partial charge is 0.471 e. The Morgan fingerprint density at radius 3 is 2.53 bits per heavy atom. The van der Waals surface area contributed by atoms with Crippen LogP contribution in [0.2, 0.25) is 0 Å². The van der Waals surface area contributed by atoms with Crippen LogP contribution in [0.1, 0.15) is 51.4 Å². The van der Waals surface area contributed by atoms with Crippen LogP contribution < -0.4 is 10.5 Å². The first kappa shape index (κ1) is 25.4. The van der Waals surface area contributed by atoms with Gasteiger partial charge in [-0.05, 0) is 40.7 Å². The number of carbonyl (C=O) groups excluding carboxylic acids is 2. The number of aromatic nitrogens is 3. The van der Waals surface area contributed by atoms with E-state index >= 15 is 0 Å². The van der Waals surface area contributed by atoms with E-state index in [-0.39, 0.29) is 37.5 Å². The molecule has 1 aliphatic rings. The highest BCUT2D eigenvalue weighted by molar-refractivity contribution is 5.96. The predicted molar refractivity (Wildman–Crippen MR) is 122 cm³/mol. The minimum Gasteiger partial charge on any atom is -0.471 e. The average molecular weight is 478 g/mol. The highest BCUT2D eigenvalue weighted by Crippen LogP contribution is 2.28. The predicted octanol–water partition coefficient (Wildman–Crippen LogP) is 2.54. The molecule has 0 saturated carbocycles. The number of hydrogen-bond acceptors (Lipinski definition) is 7. The Morgan fingerprint density at radius 2 is 1.94 bits per heavy atom. The summed E-state index contributed by atoms with van der Waals surface area (Å²) in [7, 11) is 0. The highest BCUT2D eigenvalue weighted by atomic mass is 19.1. The molecule has 3 rings (SSSR count). The maximum Gasteiger partial charge on any atom is 0.410 e. The number of aliphatic hydroxyl groups is 1. The van der Waals surface area contributed by atoms with Crippen molar-refractivity contribution in [2.24, 2.45) is 5.73 Å². The van der Waals surface area contributed by atoms with E-state index in [1.54, 1.807) is 51.7 Å². The lowest BCUT2D eigenvalue weighted by atomic mass is 10.1. The van der Waals surface area contributed by atoms with E-state index in [4.69, 9.17) is 15.2 Å². The molecule has 1 saturated heterocycles. The molecule has 1 aliphatic heterocycles. The molecule has 0 aromatic carbocycles. The molecule has 2 aromatic heterocycles. The van der Waals surface area contributed by atoms with Gasteiger partial charge in [0, 0.05) is 36.5 Å². The fraction of sp³-hybridized carbons (Fsp3) is 0.565. The summed E-state index contributed by atoms with van der Waals surface area (Å²) in [5.41, 5.74) is 5.16. The van der Waals surface area contributed by atoms with Gasteiger partial charge in [-0.3, -0.25) is 9.48 Å². The Bertz CT molecular complexity index is 1040. The number of amides is 2. The van der Waals surface area contributed by atoms with E-state index < -0.39 is 35.5 Å². The molecule has 0 unspecified atom stereocenters. The second kappa shape index (κ2) is 9.57. The SMILES string of the molecule is CC(C)(O)Cn1cc(-c2cnc(O[C@H]3CCN(C(=O)OC(C)(C)C)C[C@H]3F)c(C(N)=O)c2)cn1. The van der Waals surface area contributed by atoms with Crippen LogP contribution in [-0.4, -0.2) is 73.3 Å². The van der Waals surface area contributed by atoms with Crippen molar-refractivity contribution in [1.82, 2.24) is 19.7 Å². The second-order valence-electron chi connectivity index (χ2n) is 10.1. The Balaban J connectivity index is 1.72. The lowest BCUT2D eigenvalue weighted by molar-refractivity contribution is -0.0115. The molecule has 11 heteroatoms. The van der Waals surface area contributed by atoms with E-state index in [0.29, 0.717) is 11.1 Å². The van der Waals surface area contributed by atoms with Gasteiger partial charge in [0.2, 0.25) is 5.88 Å². The van der Waals surface area contributed by atoms with E-state index in [1.165, 1.54) is 17.2 Å². The number of nitrogens with two attached hydrogens (primary N) is 1. The first-order chi connectivity index (χ1) is 15.7. The summed E-state index contributed by atoms with van der Waals surface area (Å²) in [5, 5.41) is 14.2. The van der Waals surface area contributed by atoms with Gasteiger partial charge in [0.1, 0.15) is 17.3 Å². The van der Waals surface area contributed by atoms with Crippen molar-refractivity contribution in [3.63, 3.8) is 0 Å². The van der Waals surface area contributed by atoms with Gasteiger partial charge in [0.25, 0.3) is 5.91 Å². The number of halogens is 1. The van der Waals surface area contributed by atoms with E-state index in [2.05, 4.69) is 10.1 Å². The normalized spacial score (nSPS) is 19.1. The summed E-state index contributed by atoms with van der Waals surface area (Å²) in [5.74, 6) is -0.840. The maximum atomic E-state index is 14.8. The Hall–Kier alpha value is -3.21. The van der Waals surface area contributed by atoms with Crippen LogP contribution in [0, 0.1) is 0 Å². The number of alkyl halides is 1. The molecule has 0 spiro atoms. The fourth-order valence-corrected chi connectivity index (χ4v) is 3.53. The number of piperidine rings is 1. The zero-order valence-corrected chi connectivity index (χ0v) is 20.1. The summed E-state index contributed by atoms with van der Waals surface area (Å²) in [4.78, 5) is 29.8.